The van der Waals surface area contributed by atoms with Gasteiger partial charge in [0.1, 0.15) is 12.1 Å². The van der Waals surface area contributed by atoms with Gasteiger partial charge in [-0.25, -0.2) is 4.79 Å². The Hall–Kier alpha value is -2.68. The van der Waals surface area contributed by atoms with E-state index >= 15 is 0 Å². The number of hydrogen-bond acceptors (Lipinski definition) is 6. The zero-order valence-electron chi connectivity index (χ0n) is 17.2. The highest BCUT2D eigenvalue weighted by molar-refractivity contribution is 6.08. The summed E-state index contributed by atoms with van der Waals surface area (Å²) < 4.78 is 12.7. The summed E-state index contributed by atoms with van der Waals surface area (Å²) in [6.07, 6.45) is 2.19. The predicted molar refractivity (Wildman–Crippen MR) is 102 cm³/mol. The van der Waals surface area contributed by atoms with Gasteiger partial charge in [0.2, 0.25) is 5.78 Å². The highest BCUT2D eigenvalue weighted by Crippen LogP contribution is 2.21. The Morgan fingerprint density at radius 2 is 2.03 bits per heavy atom. The molecule has 1 N–H and O–H groups in total. The number of ketones is 1. The summed E-state index contributed by atoms with van der Waals surface area (Å²) in [6, 6.07) is 1.13. The molecule has 1 atom stereocenters. The van der Waals surface area contributed by atoms with Gasteiger partial charge in [0.05, 0.1) is 6.10 Å². The number of nitrogens with zero attached hydrogens (tertiary/aromatic N) is 2. The number of nitrogens with one attached hydrogen (secondary N) is 1. The fourth-order valence-electron chi connectivity index (χ4n) is 3.72. The van der Waals surface area contributed by atoms with E-state index in [2.05, 4.69) is 5.32 Å². The SMILES string of the molecule is Cc1cc(C(=O)COC(=O)CN2C(=O)NC(C)(C)C2=O)c(C)n1C[C@@H]1CCCO1. The topological polar surface area (TPSA) is 107 Å². The first kappa shape index (κ1) is 21.0. The highest BCUT2D eigenvalue weighted by atomic mass is 16.5. The van der Waals surface area contributed by atoms with Crippen LogP contribution in [0.3, 0.4) is 0 Å². The number of carbonyl (C=O) groups excluding carboxylic acids is 4. The highest BCUT2D eigenvalue weighted by Gasteiger charge is 2.45. The van der Waals surface area contributed by atoms with Crippen molar-refractivity contribution in [2.45, 2.75) is 58.7 Å². The minimum atomic E-state index is -1.06. The normalized spacial score (nSPS) is 20.8. The van der Waals surface area contributed by atoms with Gasteiger partial charge >= 0.3 is 12.0 Å². The number of esters is 1. The summed E-state index contributed by atoms with van der Waals surface area (Å²) in [5, 5.41) is 2.48. The molecule has 0 saturated carbocycles. The zero-order valence-corrected chi connectivity index (χ0v) is 17.2. The lowest BCUT2D eigenvalue weighted by atomic mass is 10.1. The van der Waals surface area contributed by atoms with Crippen LogP contribution in [0.15, 0.2) is 6.07 Å². The molecule has 0 bridgehead atoms. The van der Waals surface area contributed by atoms with E-state index in [-0.39, 0.29) is 11.9 Å². The predicted octanol–water partition coefficient (Wildman–Crippen LogP) is 1.34. The van der Waals surface area contributed by atoms with Gasteiger partial charge in [0.15, 0.2) is 6.61 Å². The Morgan fingerprint density at radius 1 is 1.31 bits per heavy atom. The molecule has 3 heterocycles. The van der Waals surface area contributed by atoms with Crippen molar-refractivity contribution in [3.05, 3.63) is 23.0 Å². The lowest BCUT2D eigenvalue weighted by molar-refractivity contribution is -0.146. The molecule has 0 aromatic carbocycles. The number of rotatable bonds is 7. The van der Waals surface area contributed by atoms with Crippen molar-refractivity contribution in [1.29, 1.82) is 0 Å². The second-order valence-electron chi connectivity index (χ2n) is 8.06. The summed E-state index contributed by atoms with van der Waals surface area (Å²) in [4.78, 5) is 49.3. The molecule has 3 amide bonds. The molecule has 1 aromatic rings. The first-order chi connectivity index (χ1) is 13.6. The van der Waals surface area contributed by atoms with Crippen LogP contribution in [0, 0.1) is 13.8 Å². The van der Waals surface area contributed by atoms with Gasteiger partial charge in [-0.2, -0.15) is 0 Å². The molecule has 158 valence electrons. The summed E-state index contributed by atoms with van der Waals surface area (Å²) in [7, 11) is 0. The number of hydrogen-bond donors (Lipinski definition) is 1. The van der Waals surface area contributed by atoms with Crippen LogP contribution in [0.4, 0.5) is 4.79 Å². The Balaban J connectivity index is 1.57. The summed E-state index contributed by atoms with van der Waals surface area (Å²) >= 11 is 0. The van der Waals surface area contributed by atoms with Gasteiger partial charge < -0.3 is 19.4 Å². The van der Waals surface area contributed by atoms with Crippen LogP contribution in [0.5, 0.6) is 0 Å². The Kier molecular flexibility index (Phi) is 5.79. The van der Waals surface area contributed by atoms with Crippen LogP contribution in [-0.2, 0) is 25.6 Å². The standard InChI is InChI=1S/C20H27N3O6/c1-12-8-15(13(2)22(12)9-14-6-5-7-28-14)16(24)11-29-17(25)10-23-18(26)20(3,4)21-19(23)27/h8,14H,5-7,9-11H2,1-4H3,(H,21,27)/t14-/m0/s1. The number of carbonyl (C=O) groups is 4. The number of aromatic nitrogens is 1. The van der Waals surface area contributed by atoms with E-state index in [0.717, 1.165) is 35.7 Å². The van der Waals surface area contributed by atoms with Crippen LogP contribution in [-0.4, -0.2) is 64.6 Å². The number of amides is 3. The maximum absolute atomic E-state index is 12.6. The van der Waals surface area contributed by atoms with Crippen molar-refractivity contribution in [2.75, 3.05) is 19.8 Å². The molecule has 0 unspecified atom stereocenters. The van der Waals surface area contributed by atoms with Gasteiger partial charge in [-0.1, -0.05) is 0 Å². The van der Waals surface area contributed by atoms with Gasteiger partial charge in [-0.3, -0.25) is 19.3 Å². The van der Waals surface area contributed by atoms with Gasteiger partial charge in [-0.05, 0) is 46.6 Å². The summed E-state index contributed by atoms with van der Waals surface area (Å²) in [5.41, 5.74) is 1.17. The first-order valence-corrected chi connectivity index (χ1v) is 9.71. The number of Topliss-reactive ketones (excluding diaryl/α,β-unsaturated/α-hetero) is 1. The Labute approximate surface area is 169 Å². The molecule has 9 nitrogen and oxygen atoms in total. The van der Waals surface area contributed by atoms with Crippen molar-refractivity contribution in [3.63, 3.8) is 0 Å². The molecule has 9 heteroatoms. The molecule has 0 radical (unpaired) electrons. The molecule has 29 heavy (non-hydrogen) atoms. The zero-order chi connectivity index (χ0) is 21.3. The lowest BCUT2D eigenvalue weighted by Gasteiger charge is -2.15. The van der Waals surface area contributed by atoms with E-state index in [4.69, 9.17) is 9.47 Å². The van der Waals surface area contributed by atoms with Crippen molar-refractivity contribution in [1.82, 2.24) is 14.8 Å². The molecular weight excluding hydrogens is 378 g/mol. The van der Waals surface area contributed by atoms with Gasteiger partial charge in [0, 0.05) is 30.1 Å². The molecule has 0 aliphatic carbocycles. The van der Waals surface area contributed by atoms with Crippen molar-refractivity contribution in [2.24, 2.45) is 0 Å². The van der Waals surface area contributed by atoms with Crippen LogP contribution >= 0.6 is 0 Å². The van der Waals surface area contributed by atoms with Gasteiger partial charge in [0.25, 0.3) is 5.91 Å². The third kappa shape index (κ3) is 4.34. The molecule has 0 spiro atoms. The fraction of sp³-hybridized carbons (Fsp3) is 0.600. The minimum Gasteiger partial charge on any atom is -0.456 e. The van der Waals surface area contributed by atoms with Crippen molar-refractivity contribution >= 4 is 23.7 Å². The van der Waals surface area contributed by atoms with Crippen molar-refractivity contribution < 1.29 is 28.7 Å². The maximum Gasteiger partial charge on any atom is 0.326 e. The van der Waals surface area contributed by atoms with E-state index in [1.54, 1.807) is 19.9 Å². The van der Waals surface area contributed by atoms with Gasteiger partial charge in [-0.15, -0.1) is 0 Å². The lowest BCUT2D eigenvalue weighted by Crippen LogP contribution is -2.41. The number of imide groups is 1. The fourth-order valence-corrected chi connectivity index (χ4v) is 3.72. The quantitative estimate of drug-likeness (QED) is 0.417. The molecule has 2 aliphatic rings. The van der Waals surface area contributed by atoms with E-state index in [9.17, 15) is 19.2 Å². The second kappa shape index (κ2) is 7.98. The van der Waals surface area contributed by atoms with E-state index in [0.29, 0.717) is 12.1 Å². The largest absolute Gasteiger partial charge is 0.456 e. The van der Waals surface area contributed by atoms with Crippen molar-refractivity contribution in [3.8, 4) is 0 Å². The second-order valence-corrected chi connectivity index (χ2v) is 8.06. The Bertz CT molecular complexity index is 851. The van der Waals surface area contributed by atoms with Crippen LogP contribution in [0.2, 0.25) is 0 Å². The number of ether oxygens (including phenoxy) is 2. The van der Waals surface area contributed by atoms with Crippen LogP contribution in [0.25, 0.3) is 0 Å². The van der Waals surface area contributed by atoms with Crippen LogP contribution < -0.4 is 5.32 Å². The molecule has 3 rings (SSSR count). The third-order valence-corrected chi connectivity index (χ3v) is 5.38. The molecule has 2 saturated heterocycles. The molecule has 2 aliphatic heterocycles. The summed E-state index contributed by atoms with van der Waals surface area (Å²) in [6.45, 7) is 7.35. The average Bonchev–Trinajstić information content (AvgIpc) is 3.31. The van der Waals surface area contributed by atoms with E-state index < -0.39 is 36.6 Å². The monoisotopic (exact) mass is 405 g/mol. The smallest absolute Gasteiger partial charge is 0.326 e. The first-order valence-electron chi connectivity index (χ1n) is 9.71. The molecule has 1 aromatic heterocycles. The molecular formula is C20H27N3O6. The summed E-state index contributed by atoms with van der Waals surface area (Å²) in [5.74, 6) is -1.65. The number of urea groups is 1. The van der Waals surface area contributed by atoms with E-state index in [1.165, 1.54) is 0 Å². The Morgan fingerprint density at radius 3 is 2.62 bits per heavy atom. The number of aryl methyl sites for hydroxylation is 1. The maximum atomic E-state index is 12.6. The van der Waals surface area contributed by atoms with E-state index in [1.807, 2.05) is 18.4 Å². The minimum absolute atomic E-state index is 0.147. The third-order valence-electron chi connectivity index (χ3n) is 5.38. The van der Waals surface area contributed by atoms with Crippen LogP contribution in [0.1, 0.15) is 48.4 Å². The molecule has 2 fully saturated rings. The average molecular weight is 405 g/mol.